The van der Waals surface area contributed by atoms with Crippen LogP contribution >= 0.6 is 11.6 Å². The Morgan fingerprint density at radius 1 is 0.880 bits per heavy atom. The molecular formula is C22H17ClN2. The molecular weight excluding hydrogens is 328 g/mol. The molecule has 3 aromatic carbocycles. The molecule has 1 aromatic heterocycles. The van der Waals surface area contributed by atoms with Gasteiger partial charge >= 0.3 is 0 Å². The molecule has 1 heterocycles. The van der Waals surface area contributed by atoms with Gasteiger partial charge in [0, 0.05) is 16.9 Å². The summed E-state index contributed by atoms with van der Waals surface area (Å²) in [5.74, 6) is 0. The average molecular weight is 345 g/mol. The Hall–Kier alpha value is -2.84. The average Bonchev–Trinajstić information content (AvgIpc) is 3.11. The summed E-state index contributed by atoms with van der Waals surface area (Å²) in [6.07, 6.45) is 3.90. The molecule has 0 fully saturated rings. The summed E-state index contributed by atoms with van der Waals surface area (Å²) in [6, 6.07) is 24.7. The predicted octanol–water partition coefficient (Wildman–Crippen LogP) is 6.34. The van der Waals surface area contributed by atoms with Crippen molar-refractivity contribution >= 4 is 34.3 Å². The van der Waals surface area contributed by atoms with Crippen molar-refractivity contribution < 1.29 is 0 Å². The molecule has 3 heteroatoms. The molecule has 4 rings (SSSR count). The minimum atomic E-state index is 0.767. The maximum Gasteiger partial charge on any atom is 0.0639 e. The van der Waals surface area contributed by atoms with E-state index in [0.717, 1.165) is 27.7 Å². The van der Waals surface area contributed by atoms with Crippen LogP contribution in [0.15, 0.2) is 84.0 Å². The lowest BCUT2D eigenvalue weighted by Gasteiger charge is -2.08. The van der Waals surface area contributed by atoms with Crippen molar-refractivity contribution in [3.63, 3.8) is 0 Å². The van der Waals surface area contributed by atoms with E-state index in [0.29, 0.717) is 0 Å². The minimum absolute atomic E-state index is 0.767. The summed E-state index contributed by atoms with van der Waals surface area (Å²) >= 11 is 6.26. The van der Waals surface area contributed by atoms with E-state index in [4.69, 9.17) is 11.6 Å². The summed E-state index contributed by atoms with van der Waals surface area (Å²) in [5, 5.41) is 3.18. The normalized spacial score (nSPS) is 11.4. The Bertz CT molecular complexity index is 1080. The van der Waals surface area contributed by atoms with E-state index >= 15 is 0 Å². The second-order valence-corrected chi connectivity index (χ2v) is 6.43. The van der Waals surface area contributed by atoms with Gasteiger partial charge in [-0.2, -0.15) is 0 Å². The first-order chi connectivity index (χ1) is 12.2. The molecule has 0 radical (unpaired) electrons. The summed E-state index contributed by atoms with van der Waals surface area (Å²) in [7, 11) is 0. The van der Waals surface area contributed by atoms with Gasteiger partial charge in [0.2, 0.25) is 0 Å². The van der Waals surface area contributed by atoms with E-state index < -0.39 is 0 Å². The lowest BCUT2D eigenvalue weighted by atomic mass is 10.1. The van der Waals surface area contributed by atoms with Gasteiger partial charge in [-0.05, 0) is 59.7 Å². The zero-order valence-corrected chi connectivity index (χ0v) is 14.6. The van der Waals surface area contributed by atoms with Gasteiger partial charge in [-0.3, -0.25) is 4.99 Å². The first-order valence-electron chi connectivity index (χ1n) is 8.17. The van der Waals surface area contributed by atoms with Crippen LogP contribution in [0.2, 0.25) is 5.02 Å². The Balaban J connectivity index is 1.67. The van der Waals surface area contributed by atoms with Crippen LogP contribution in [0, 0.1) is 6.92 Å². The van der Waals surface area contributed by atoms with Crippen LogP contribution in [0.5, 0.6) is 0 Å². The second kappa shape index (κ2) is 6.58. The van der Waals surface area contributed by atoms with Crippen molar-refractivity contribution in [3.8, 4) is 5.69 Å². The van der Waals surface area contributed by atoms with E-state index in [1.165, 1.54) is 10.8 Å². The number of aryl methyl sites for hydroxylation is 1. The van der Waals surface area contributed by atoms with Gasteiger partial charge in [0.05, 0.1) is 17.6 Å². The van der Waals surface area contributed by atoms with Crippen molar-refractivity contribution in [2.24, 2.45) is 4.99 Å². The summed E-state index contributed by atoms with van der Waals surface area (Å²) in [5.41, 5.74) is 4.05. The number of aromatic nitrogens is 1. The zero-order valence-electron chi connectivity index (χ0n) is 13.9. The maximum absolute atomic E-state index is 6.26. The molecule has 122 valence electrons. The maximum atomic E-state index is 6.26. The number of hydrogen-bond acceptors (Lipinski definition) is 1. The molecule has 0 aliphatic rings. The summed E-state index contributed by atoms with van der Waals surface area (Å²) in [6.45, 7) is 2.00. The fraction of sp³-hybridized carbons (Fsp3) is 0.0455. The number of halogens is 1. The summed E-state index contributed by atoms with van der Waals surface area (Å²) < 4.78 is 2.08. The standard InChI is InChI=1S/C22H17ClN2/c1-16-8-11-20(14-22(16)23)25-12-4-7-21(25)15-24-19-10-9-17-5-2-3-6-18(17)13-19/h2-15H,1H3. The number of aliphatic imine (C=N–C) groups is 1. The first kappa shape index (κ1) is 15.7. The summed E-state index contributed by atoms with van der Waals surface area (Å²) in [4.78, 5) is 4.65. The Kier molecular flexibility index (Phi) is 4.12. The molecule has 0 aliphatic carbocycles. The fourth-order valence-corrected chi connectivity index (χ4v) is 3.04. The van der Waals surface area contributed by atoms with Gasteiger partial charge in [-0.15, -0.1) is 0 Å². The minimum Gasteiger partial charge on any atom is -0.316 e. The van der Waals surface area contributed by atoms with Crippen LogP contribution in [0.1, 0.15) is 11.3 Å². The Morgan fingerprint density at radius 2 is 1.72 bits per heavy atom. The van der Waals surface area contributed by atoms with Crippen LogP contribution in [-0.2, 0) is 0 Å². The number of nitrogens with zero attached hydrogens (tertiary/aromatic N) is 2. The molecule has 0 saturated heterocycles. The van der Waals surface area contributed by atoms with Gasteiger partial charge in [-0.1, -0.05) is 48.0 Å². The molecule has 0 atom stereocenters. The lowest BCUT2D eigenvalue weighted by Crippen LogP contribution is -1.98. The van der Waals surface area contributed by atoms with Crippen molar-refractivity contribution in [1.82, 2.24) is 4.57 Å². The number of benzene rings is 3. The molecule has 4 aromatic rings. The van der Waals surface area contributed by atoms with E-state index in [-0.39, 0.29) is 0 Å². The highest BCUT2D eigenvalue weighted by atomic mass is 35.5. The monoisotopic (exact) mass is 344 g/mol. The number of rotatable bonds is 3. The zero-order chi connectivity index (χ0) is 17.2. The van der Waals surface area contributed by atoms with Crippen LogP contribution < -0.4 is 0 Å². The van der Waals surface area contributed by atoms with Crippen LogP contribution in [-0.4, -0.2) is 10.8 Å². The highest BCUT2D eigenvalue weighted by Crippen LogP contribution is 2.23. The Labute approximate surface area is 152 Å². The largest absolute Gasteiger partial charge is 0.316 e. The second-order valence-electron chi connectivity index (χ2n) is 6.03. The van der Waals surface area contributed by atoms with Crippen molar-refractivity contribution in [1.29, 1.82) is 0 Å². The lowest BCUT2D eigenvalue weighted by molar-refractivity contribution is 1.06. The van der Waals surface area contributed by atoms with Gasteiger partial charge in [-0.25, -0.2) is 0 Å². The van der Waals surface area contributed by atoms with Crippen LogP contribution in [0.3, 0.4) is 0 Å². The van der Waals surface area contributed by atoms with Gasteiger partial charge < -0.3 is 4.57 Å². The Morgan fingerprint density at radius 3 is 2.56 bits per heavy atom. The molecule has 0 unspecified atom stereocenters. The molecule has 0 spiro atoms. The van der Waals surface area contributed by atoms with Crippen LogP contribution in [0.4, 0.5) is 5.69 Å². The molecule has 0 aliphatic heterocycles. The quantitative estimate of drug-likeness (QED) is 0.386. The smallest absolute Gasteiger partial charge is 0.0639 e. The molecule has 25 heavy (non-hydrogen) atoms. The van der Waals surface area contributed by atoms with E-state index in [1.54, 1.807) is 0 Å². The third-order valence-corrected chi connectivity index (χ3v) is 4.70. The predicted molar refractivity (Wildman–Crippen MR) is 107 cm³/mol. The topological polar surface area (TPSA) is 17.3 Å². The highest BCUT2D eigenvalue weighted by Gasteiger charge is 2.04. The molecule has 2 nitrogen and oxygen atoms in total. The first-order valence-corrected chi connectivity index (χ1v) is 8.55. The molecule has 0 N–H and O–H groups in total. The third-order valence-electron chi connectivity index (χ3n) is 4.29. The van der Waals surface area contributed by atoms with E-state index in [2.05, 4.69) is 39.9 Å². The van der Waals surface area contributed by atoms with E-state index in [1.807, 2.05) is 61.8 Å². The van der Waals surface area contributed by atoms with Crippen molar-refractivity contribution in [2.45, 2.75) is 6.92 Å². The number of hydrogen-bond donors (Lipinski definition) is 0. The van der Waals surface area contributed by atoms with Crippen molar-refractivity contribution in [3.05, 3.63) is 95.3 Å². The SMILES string of the molecule is Cc1ccc(-n2cccc2C=Nc2ccc3ccccc3c2)cc1Cl. The van der Waals surface area contributed by atoms with Gasteiger partial charge in [0.25, 0.3) is 0 Å². The van der Waals surface area contributed by atoms with Gasteiger partial charge in [0.15, 0.2) is 0 Å². The third kappa shape index (κ3) is 3.21. The fourth-order valence-electron chi connectivity index (χ4n) is 2.86. The molecule has 0 amide bonds. The van der Waals surface area contributed by atoms with Crippen LogP contribution in [0.25, 0.3) is 16.5 Å². The van der Waals surface area contributed by atoms with Gasteiger partial charge in [0.1, 0.15) is 0 Å². The molecule has 0 bridgehead atoms. The van der Waals surface area contributed by atoms with E-state index in [9.17, 15) is 0 Å². The van der Waals surface area contributed by atoms with Crippen molar-refractivity contribution in [2.75, 3.05) is 0 Å². The number of fused-ring (bicyclic) bond motifs is 1. The highest BCUT2D eigenvalue weighted by molar-refractivity contribution is 6.31. The molecule has 0 saturated carbocycles.